The summed E-state index contributed by atoms with van der Waals surface area (Å²) in [5, 5.41) is 6.11. The van der Waals surface area contributed by atoms with Crippen LogP contribution in [0.25, 0.3) is 0 Å². The molecule has 0 aliphatic carbocycles. The minimum Gasteiger partial charge on any atom is -0.412 e. The van der Waals surface area contributed by atoms with Gasteiger partial charge in [0.25, 0.3) is 0 Å². The average Bonchev–Trinajstić information content (AvgIpc) is 3.16. The summed E-state index contributed by atoms with van der Waals surface area (Å²) in [7, 11) is 1.79. The molecule has 0 radical (unpaired) electrons. The highest BCUT2D eigenvalue weighted by Crippen LogP contribution is 2.38. The molecule has 2 amide bonds. The molecule has 1 saturated heterocycles. The summed E-state index contributed by atoms with van der Waals surface area (Å²) in [4.78, 5) is 43.0. The Labute approximate surface area is 212 Å². The van der Waals surface area contributed by atoms with Crippen LogP contribution >= 0.6 is 24.8 Å². The minimum atomic E-state index is -0.766. The number of carbonyl (C=O) groups excluding carboxylic acids is 3. The van der Waals surface area contributed by atoms with Crippen molar-refractivity contribution < 1.29 is 25.3 Å². The molecule has 0 aromatic heterocycles. The van der Waals surface area contributed by atoms with Crippen molar-refractivity contribution in [1.82, 2.24) is 15.5 Å². The number of aliphatic imine (C=N–C) groups is 1. The quantitative estimate of drug-likeness (QED) is 0.131. The van der Waals surface area contributed by atoms with Crippen LogP contribution in [0.5, 0.6) is 0 Å². The molecule has 34 heavy (non-hydrogen) atoms. The Hall–Kier alpha value is -2.44. The molecule has 3 atom stereocenters. The molecule has 1 heterocycles. The van der Waals surface area contributed by atoms with Gasteiger partial charge in [0, 0.05) is 19.5 Å². The van der Waals surface area contributed by atoms with Crippen molar-refractivity contribution in [2.24, 2.45) is 16.5 Å². The van der Waals surface area contributed by atoms with E-state index in [0.717, 1.165) is 5.56 Å². The van der Waals surface area contributed by atoms with E-state index in [2.05, 4.69) is 15.6 Å². The van der Waals surface area contributed by atoms with E-state index in [-0.39, 0.29) is 53.5 Å². The molecular formula is C21H38Cl2N6O5. The fourth-order valence-electron chi connectivity index (χ4n) is 4.06. The van der Waals surface area contributed by atoms with Crippen LogP contribution in [0.4, 0.5) is 0 Å². The number of likely N-dealkylation sites (tertiary alicyclic amines) is 1. The third kappa shape index (κ3) is 8.41. The first-order valence-corrected chi connectivity index (χ1v) is 10.2. The predicted molar refractivity (Wildman–Crippen MR) is 137 cm³/mol. The highest BCUT2D eigenvalue weighted by atomic mass is 35.5. The third-order valence-electron chi connectivity index (χ3n) is 5.59. The number of rotatable bonds is 10. The highest BCUT2D eigenvalue weighted by molar-refractivity contribution is 5.91. The SMILES string of the molecule is CCC(=O)N1CCC(NC)(c2ccccc2)[C@H]1C(=O)N[C@H](C=O)CCCN=C(N)N.Cl.Cl.O.O. The van der Waals surface area contributed by atoms with E-state index in [1.54, 1.807) is 18.9 Å². The number of nitrogens with one attached hydrogen (secondary N) is 2. The van der Waals surface area contributed by atoms with Gasteiger partial charge in [-0.3, -0.25) is 14.6 Å². The van der Waals surface area contributed by atoms with E-state index in [9.17, 15) is 14.4 Å². The molecule has 1 aliphatic rings. The van der Waals surface area contributed by atoms with Gasteiger partial charge in [-0.15, -0.1) is 24.8 Å². The van der Waals surface area contributed by atoms with Gasteiger partial charge >= 0.3 is 0 Å². The summed E-state index contributed by atoms with van der Waals surface area (Å²) in [6.45, 7) is 2.60. The van der Waals surface area contributed by atoms with Crippen molar-refractivity contribution in [2.45, 2.75) is 50.2 Å². The lowest BCUT2D eigenvalue weighted by Crippen LogP contribution is -2.60. The zero-order valence-corrected chi connectivity index (χ0v) is 21.1. The van der Waals surface area contributed by atoms with E-state index in [0.29, 0.717) is 45.1 Å². The second-order valence-electron chi connectivity index (χ2n) is 7.38. The molecule has 11 nitrogen and oxygen atoms in total. The Kier molecular flexibility index (Phi) is 18.1. The highest BCUT2D eigenvalue weighted by Gasteiger charge is 2.53. The summed E-state index contributed by atoms with van der Waals surface area (Å²) in [5.74, 6) is -0.465. The number of likely N-dealkylation sites (N-methyl/N-ethyl adjacent to an activating group) is 1. The lowest BCUT2D eigenvalue weighted by molar-refractivity contribution is -0.140. The Bertz CT molecular complexity index is 782. The second kappa shape index (κ2) is 17.1. The maximum absolute atomic E-state index is 13.4. The topological polar surface area (TPSA) is 206 Å². The zero-order valence-electron chi connectivity index (χ0n) is 19.5. The summed E-state index contributed by atoms with van der Waals surface area (Å²) in [6.07, 6.45) is 2.54. The molecule has 0 spiro atoms. The van der Waals surface area contributed by atoms with Gasteiger partial charge in [-0.1, -0.05) is 37.3 Å². The number of benzene rings is 1. The Morgan fingerprint density at radius 2 is 1.85 bits per heavy atom. The molecule has 1 aromatic rings. The number of hydrogen-bond acceptors (Lipinski definition) is 5. The number of halogens is 2. The molecule has 196 valence electrons. The zero-order chi connectivity index (χ0) is 22.1. The van der Waals surface area contributed by atoms with Crippen LogP contribution in [0.15, 0.2) is 35.3 Å². The van der Waals surface area contributed by atoms with Gasteiger partial charge in [-0.2, -0.15) is 0 Å². The van der Waals surface area contributed by atoms with Gasteiger partial charge in [0.2, 0.25) is 11.8 Å². The van der Waals surface area contributed by atoms with Gasteiger partial charge < -0.3 is 42.7 Å². The Balaban J connectivity index is -0.00000240. The van der Waals surface area contributed by atoms with Gasteiger partial charge in [-0.05, 0) is 31.9 Å². The van der Waals surface area contributed by atoms with Crippen LogP contribution in [0.1, 0.15) is 38.2 Å². The van der Waals surface area contributed by atoms with Crippen molar-refractivity contribution >= 4 is 48.9 Å². The molecule has 0 saturated carbocycles. The number of guanidine groups is 1. The van der Waals surface area contributed by atoms with E-state index >= 15 is 0 Å². The fraction of sp³-hybridized carbons (Fsp3) is 0.524. The smallest absolute Gasteiger partial charge is 0.245 e. The van der Waals surface area contributed by atoms with E-state index < -0.39 is 17.6 Å². The third-order valence-corrected chi connectivity index (χ3v) is 5.59. The molecule has 0 bridgehead atoms. The summed E-state index contributed by atoms with van der Waals surface area (Å²) >= 11 is 0. The monoisotopic (exact) mass is 524 g/mol. The van der Waals surface area contributed by atoms with Crippen LogP contribution < -0.4 is 22.1 Å². The average molecular weight is 525 g/mol. The molecule has 1 aliphatic heterocycles. The largest absolute Gasteiger partial charge is 0.412 e. The molecule has 1 unspecified atom stereocenters. The van der Waals surface area contributed by atoms with Crippen molar-refractivity contribution in [3.63, 3.8) is 0 Å². The predicted octanol–water partition coefficient (Wildman–Crippen LogP) is -0.956. The summed E-state index contributed by atoms with van der Waals surface area (Å²) in [6, 6.07) is 8.17. The van der Waals surface area contributed by atoms with Gasteiger partial charge in [0.05, 0.1) is 11.6 Å². The van der Waals surface area contributed by atoms with Crippen molar-refractivity contribution in [3.8, 4) is 0 Å². The lowest BCUT2D eigenvalue weighted by atomic mass is 9.82. The number of nitrogens with two attached hydrogens (primary N) is 2. The number of carbonyl (C=O) groups is 3. The number of nitrogens with zero attached hydrogens (tertiary/aromatic N) is 2. The van der Waals surface area contributed by atoms with E-state index in [1.165, 1.54) is 0 Å². The molecule has 2 rings (SSSR count). The standard InChI is InChI=1S/C21H32N6O3.2ClH.2H2O/c1-3-17(29)27-13-11-21(24-2,15-8-5-4-6-9-15)18(27)19(30)26-16(14-28)10-7-12-25-20(22)23;;;;/h4-6,8-9,14,16,18,24H,3,7,10-13H2,1-2H3,(H,26,30)(H4,22,23,25);2*1H;2*1H2/t16-,18+,21?;;;;/m0..../s1. The van der Waals surface area contributed by atoms with Crippen LogP contribution in [-0.2, 0) is 19.9 Å². The maximum Gasteiger partial charge on any atom is 0.245 e. The van der Waals surface area contributed by atoms with Crippen molar-refractivity contribution in [2.75, 3.05) is 20.1 Å². The first-order chi connectivity index (χ1) is 14.4. The van der Waals surface area contributed by atoms with Gasteiger partial charge in [-0.25, -0.2) is 0 Å². The fourth-order valence-corrected chi connectivity index (χ4v) is 4.06. The van der Waals surface area contributed by atoms with E-state index in [4.69, 9.17) is 11.5 Å². The van der Waals surface area contributed by atoms with Crippen LogP contribution in [0.2, 0.25) is 0 Å². The first kappa shape index (κ1) is 36.1. The Morgan fingerprint density at radius 3 is 2.35 bits per heavy atom. The number of amides is 2. The number of hydrogen-bond donors (Lipinski definition) is 4. The molecule has 1 fully saturated rings. The Morgan fingerprint density at radius 1 is 1.24 bits per heavy atom. The first-order valence-electron chi connectivity index (χ1n) is 10.2. The molecule has 13 heteroatoms. The van der Waals surface area contributed by atoms with Gasteiger partial charge in [0.1, 0.15) is 12.3 Å². The van der Waals surface area contributed by atoms with Gasteiger partial charge in [0.15, 0.2) is 5.96 Å². The number of aldehydes is 1. The van der Waals surface area contributed by atoms with Crippen molar-refractivity contribution in [3.05, 3.63) is 35.9 Å². The molecule has 1 aromatic carbocycles. The molecule has 10 N–H and O–H groups in total. The summed E-state index contributed by atoms with van der Waals surface area (Å²) < 4.78 is 0. The molecular weight excluding hydrogens is 487 g/mol. The minimum absolute atomic E-state index is 0. The van der Waals surface area contributed by atoms with Crippen LogP contribution in [-0.4, -0.2) is 72.1 Å². The summed E-state index contributed by atoms with van der Waals surface area (Å²) in [5.41, 5.74) is 10.8. The normalized spacial score (nSPS) is 19.1. The maximum atomic E-state index is 13.4. The second-order valence-corrected chi connectivity index (χ2v) is 7.38. The van der Waals surface area contributed by atoms with Crippen LogP contribution in [0, 0.1) is 0 Å². The van der Waals surface area contributed by atoms with E-state index in [1.807, 2.05) is 30.3 Å². The van der Waals surface area contributed by atoms with Crippen LogP contribution in [0.3, 0.4) is 0 Å². The lowest BCUT2D eigenvalue weighted by Gasteiger charge is -2.38. The van der Waals surface area contributed by atoms with Crippen molar-refractivity contribution in [1.29, 1.82) is 0 Å².